The molecule has 316 valence electrons. The highest BCUT2D eigenvalue weighted by Crippen LogP contribution is 2.32. The zero-order chi connectivity index (χ0) is 41.8. The molecule has 2 aromatic rings. The molecule has 0 heterocycles. The van der Waals surface area contributed by atoms with Gasteiger partial charge >= 0.3 is 11.9 Å². The lowest BCUT2D eigenvalue weighted by Crippen LogP contribution is -2.62. The quantitative estimate of drug-likeness (QED) is 0.0965. The molecule has 2 saturated carbocycles. The number of halogens is 4. The minimum absolute atomic E-state index is 0.0923. The van der Waals surface area contributed by atoms with Crippen LogP contribution < -0.4 is 21.3 Å². The Morgan fingerprint density at radius 2 is 1.07 bits per heavy atom. The molecule has 0 aliphatic heterocycles. The van der Waals surface area contributed by atoms with Gasteiger partial charge in [0, 0.05) is 39.1 Å². The fraction of sp³-hybridized carbons (Fsp3) is 0.619. The van der Waals surface area contributed by atoms with Crippen LogP contribution in [0.5, 0.6) is 0 Å². The predicted molar refractivity (Wildman–Crippen MR) is 205 cm³/mol. The summed E-state index contributed by atoms with van der Waals surface area (Å²) in [6, 6.07) is 3.94. The van der Waals surface area contributed by atoms with Gasteiger partial charge in [-0.3, -0.25) is 29.8 Å². The van der Waals surface area contributed by atoms with Crippen molar-refractivity contribution in [1.82, 2.24) is 21.3 Å². The molecule has 0 unspecified atom stereocenters. The maximum Gasteiger partial charge on any atom is 0.326 e. The number of carbonyl (C=O) groups is 4. The number of carbonyl (C=O) groups excluding carboxylic acids is 4. The lowest BCUT2D eigenvalue weighted by atomic mass is 9.81. The van der Waals surface area contributed by atoms with Crippen LogP contribution in [0.4, 0.5) is 17.6 Å². The SMILES string of the molecule is CC(=O)N[C@@H](Cc1cc(F)cc(F)c1)[C@H](O)CNC1(C(=O)O[C@H](CNC2(C(=O)OCC(C)C)CCCCC2)[C@H](Cc2cc(F)cc(F)c2)NC(C)=O)CCCCC1. The van der Waals surface area contributed by atoms with Gasteiger partial charge in [0.05, 0.1) is 24.8 Å². The molecule has 11 nitrogen and oxygen atoms in total. The van der Waals surface area contributed by atoms with Crippen LogP contribution in [0.1, 0.15) is 103 Å². The van der Waals surface area contributed by atoms with Gasteiger partial charge < -0.3 is 25.2 Å². The van der Waals surface area contributed by atoms with E-state index < -0.39 is 82.4 Å². The van der Waals surface area contributed by atoms with Gasteiger partial charge in [-0.15, -0.1) is 0 Å². The maximum atomic E-state index is 14.6. The minimum Gasteiger partial charge on any atom is -0.464 e. The molecule has 2 aliphatic carbocycles. The van der Waals surface area contributed by atoms with Crippen molar-refractivity contribution < 1.29 is 51.3 Å². The standard InChI is InChI=1S/C42H58F4N4O7/c1-26(2)25-56-39(54)41(11-7-5-8-12-41)48-24-38(36(50-28(4)52)20-30-17-33(45)22-34(46)18-30)57-40(55)42(13-9-6-10-14-42)47-23-37(53)35(49-27(3)51)19-29-15-31(43)21-32(44)16-29/h15-18,21-22,26,35-38,47-48,53H,5-14,19-20,23-25H2,1-4H3,(H,49,51)(H,50,52)/t35-,36-,37+,38+/m0/s1. The zero-order valence-corrected chi connectivity index (χ0v) is 33.4. The third kappa shape index (κ3) is 13.8. The predicted octanol–water partition coefficient (Wildman–Crippen LogP) is 5.09. The van der Waals surface area contributed by atoms with Crippen LogP contribution >= 0.6 is 0 Å². The van der Waals surface area contributed by atoms with Crippen molar-refractivity contribution in [2.45, 2.75) is 140 Å². The molecular weight excluding hydrogens is 748 g/mol. The van der Waals surface area contributed by atoms with Crippen molar-refractivity contribution >= 4 is 23.8 Å². The molecule has 4 atom stereocenters. The highest BCUT2D eigenvalue weighted by molar-refractivity contribution is 5.82. The number of β-amino-alcohol motifs (C(OH)–C–C–N with tert-alkyl or cyclic N) is 1. The molecule has 0 spiro atoms. The number of ether oxygens (including phenoxy) is 2. The monoisotopic (exact) mass is 806 g/mol. The van der Waals surface area contributed by atoms with Gasteiger partial charge in [0.1, 0.15) is 40.5 Å². The Morgan fingerprint density at radius 1 is 0.649 bits per heavy atom. The molecule has 2 amide bonds. The lowest BCUT2D eigenvalue weighted by Gasteiger charge is -2.41. The van der Waals surface area contributed by atoms with Crippen LogP contribution in [0.2, 0.25) is 0 Å². The Morgan fingerprint density at radius 3 is 1.53 bits per heavy atom. The van der Waals surface area contributed by atoms with E-state index in [1.54, 1.807) is 0 Å². The summed E-state index contributed by atoms with van der Waals surface area (Å²) in [4.78, 5) is 53.0. The first kappa shape index (κ1) is 45.6. The molecule has 0 bridgehead atoms. The Kier molecular flexibility index (Phi) is 16.9. The van der Waals surface area contributed by atoms with Crippen molar-refractivity contribution in [3.05, 3.63) is 70.8 Å². The number of aliphatic hydroxyl groups is 1. The first-order chi connectivity index (χ1) is 27.0. The molecule has 0 radical (unpaired) electrons. The highest BCUT2D eigenvalue weighted by Gasteiger charge is 2.45. The molecule has 5 N–H and O–H groups in total. The van der Waals surface area contributed by atoms with Crippen LogP contribution in [-0.4, -0.2) is 83.9 Å². The van der Waals surface area contributed by atoms with Crippen molar-refractivity contribution in [2.24, 2.45) is 5.92 Å². The van der Waals surface area contributed by atoms with E-state index in [-0.39, 0.29) is 49.6 Å². The van der Waals surface area contributed by atoms with Crippen molar-refractivity contribution in [2.75, 3.05) is 19.7 Å². The van der Waals surface area contributed by atoms with Crippen LogP contribution in [0.15, 0.2) is 36.4 Å². The average Bonchev–Trinajstić information content (AvgIpc) is 3.13. The summed E-state index contributed by atoms with van der Waals surface area (Å²) in [5.41, 5.74) is -2.03. The van der Waals surface area contributed by atoms with Gasteiger partial charge in [-0.25, -0.2) is 17.6 Å². The largest absolute Gasteiger partial charge is 0.464 e. The Bertz CT molecular complexity index is 1640. The number of rotatable bonds is 19. The highest BCUT2D eigenvalue weighted by atomic mass is 19.1. The fourth-order valence-electron chi connectivity index (χ4n) is 7.90. The second kappa shape index (κ2) is 21.1. The number of amides is 2. The third-order valence-corrected chi connectivity index (χ3v) is 10.7. The molecule has 57 heavy (non-hydrogen) atoms. The summed E-state index contributed by atoms with van der Waals surface area (Å²) in [6.07, 6.45) is 3.32. The van der Waals surface area contributed by atoms with Crippen LogP contribution in [-0.2, 0) is 41.5 Å². The van der Waals surface area contributed by atoms with Crippen LogP contribution in [0.3, 0.4) is 0 Å². The fourth-order valence-corrected chi connectivity index (χ4v) is 7.90. The van der Waals surface area contributed by atoms with E-state index in [1.165, 1.54) is 13.8 Å². The molecular formula is C42H58F4N4O7. The molecule has 2 fully saturated rings. The van der Waals surface area contributed by atoms with Gasteiger partial charge in [0.25, 0.3) is 0 Å². The van der Waals surface area contributed by atoms with Crippen molar-refractivity contribution in [3.63, 3.8) is 0 Å². The molecule has 15 heteroatoms. The smallest absolute Gasteiger partial charge is 0.326 e. The van der Waals surface area contributed by atoms with E-state index in [9.17, 15) is 41.8 Å². The number of nitrogens with one attached hydrogen (secondary N) is 4. The van der Waals surface area contributed by atoms with E-state index in [2.05, 4.69) is 21.3 Å². The van der Waals surface area contributed by atoms with E-state index in [4.69, 9.17) is 9.47 Å². The maximum absolute atomic E-state index is 14.6. The van der Waals surface area contributed by atoms with Gasteiger partial charge in [0.15, 0.2) is 0 Å². The number of aliphatic hydroxyl groups excluding tert-OH is 1. The van der Waals surface area contributed by atoms with Gasteiger partial charge in [0.2, 0.25) is 11.8 Å². The van der Waals surface area contributed by atoms with Crippen LogP contribution in [0, 0.1) is 29.2 Å². The summed E-state index contributed by atoms with van der Waals surface area (Å²) >= 11 is 0. The van der Waals surface area contributed by atoms with Crippen molar-refractivity contribution in [1.29, 1.82) is 0 Å². The van der Waals surface area contributed by atoms with E-state index in [0.717, 1.165) is 62.1 Å². The molecule has 2 aromatic carbocycles. The normalized spacial score (nSPS) is 18.5. The Labute approximate surface area is 332 Å². The van der Waals surface area contributed by atoms with E-state index in [1.807, 2.05) is 13.8 Å². The minimum atomic E-state index is -1.34. The van der Waals surface area contributed by atoms with Crippen molar-refractivity contribution in [3.8, 4) is 0 Å². The summed E-state index contributed by atoms with van der Waals surface area (Å²) in [5, 5.41) is 23.4. The molecule has 2 aliphatic rings. The first-order valence-corrected chi connectivity index (χ1v) is 20.0. The topological polar surface area (TPSA) is 155 Å². The molecule has 4 rings (SSSR count). The Balaban J connectivity index is 1.64. The Hall–Kier alpha value is -4.08. The summed E-state index contributed by atoms with van der Waals surface area (Å²) in [7, 11) is 0. The van der Waals surface area contributed by atoms with Gasteiger partial charge in [-0.05, 0) is 79.8 Å². The molecule has 0 saturated heterocycles. The van der Waals surface area contributed by atoms with Crippen LogP contribution in [0.25, 0.3) is 0 Å². The van der Waals surface area contributed by atoms with E-state index in [0.29, 0.717) is 38.5 Å². The second-order valence-electron chi connectivity index (χ2n) is 16.1. The molecule has 0 aromatic heterocycles. The zero-order valence-electron chi connectivity index (χ0n) is 33.4. The summed E-state index contributed by atoms with van der Waals surface area (Å²) in [6.45, 7) is 6.24. The van der Waals surface area contributed by atoms with Gasteiger partial charge in [-0.2, -0.15) is 0 Å². The first-order valence-electron chi connectivity index (χ1n) is 20.0. The number of esters is 2. The average molecular weight is 807 g/mol. The number of hydrogen-bond donors (Lipinski definition) is 5. The van der Waals surface area contributed by atoms with E-state index >= 15 is 0 Å². The third-order valence-electron chi connectivity index (χ3n) is 10.7. The summed E-state index contributed by atoms with van der Waals surface area (Å²) in [5.74, 6) is -5.28. The van der Waals surface area contributed by atoms with Gasteiger partial charge in [-0.1, -0.05) is 52.4 Å². The second-order valence-corrected chi connectivity index (χ2v) is 16.1. The summed E-state index contributed by atoms with van der Waals surface area (Å²) < 4.78 is 68.8. The lowest BCUT2D eigenvalue weighted by molar-refractivity contribution is -0.162. The number of hydrogen-bond acceptors (Lipinski definition) is 9. The number of benzene rings is 2.